The SMILES string of the molecule is CC(C)Oc1ccc(/C(=N\Nc2ccc([N+](=O)[O-])cc2[N+](=O)[O-])C2CCCCC2)c2ccccc12. The van der Waals surface area contributed by atoms with E-state index in [0.29, 0.717) is 0 Å². The predicted molar refractivity (Wildman–Crippen MR) is 136 cm³/mol. The van der Waals surface area contributed by atoms with E-state index in [9.17, 15) is 20.2 Å². The van der Waals surface area contributed by atoms with Crippen molar-refractivity contribution in [2.24, 2.45) is 11.0 Å². The number of nitrogens with zero attached hydrogens (tertiary/aromatic N) is 3. The topological polar surface area (TPSA) is 120 Å². The van der Waals surface area contributed by atoms with Gasteiger partial charge in [0.1, 0.15) is 11.4 Å². The molecule has 35 heavy (non-hydrogen) atoms. The van der Waals surface area contributed by atoms with Gasteiger partial charge in [-0.25, -0.2) is 0 Å². The number of hydrogen-bond acceptors (Lipinski definition) is 7. The number of hydrogen-bond donors (Lipinski definition) is 1. The van der Waals surface area contributed by atoms with Crippen molar-refractivity contribution in [1.29, 1.82) is 0 Å². The smallest absolute Gasteiger partial charge is 0.301 e. The maximum Gasteiger partial charge on any atom is 0.301 e. The molecule has 0 aromatic heterocycles. The number of non-ortho nitro benzene ring substituents is 1. The van der Waals surface area contributed by atoms with E-state index in [4.69, 9.17) is 9.84 Å². The van der Waals surface area contributed by atoms with E-state index in [1.54, 1.807) is 0 Å². The minimum atomic E-state index is -0.652. The van der Waals surface area contributed by atoms with Gasteiger partial charge in [0.2, 0.25) is 0 Å². The molecule has 1 aliphatic carbocycles. The van der Waals surface area contributed by atoms with Gasteiger partial charge in [-0.3, -0.25) is 25.7 Å². The Labute approximate surface area is 203 Å². The van der Waals surface area contributed by atoms with Crippen LogP contribution in [0, 0.1) is 26.1 Å². The van der Waals surface area contributed by atoms with E-state index >= 15 is 0 Å². The molecule has 1 saturated carbocycles. The van der Waals surface area contributed by atoms with Gasteiger partial charge in [-0.15, -0.1) is 0 Å². The summed E-state index contributed by atoms with van der Waals surface area (Å²) >= 11 is 0. The number of nitro groups is 2. The molecule has 0 saturated heterocycles. The van der Waals surface area contributed by atoms with Crippen LogP contribution in [0.15, 0.2) is 59.7 Å². The first kappa shape index (κ1) is 24.1. The average molecular weight is 477 g/mol. The van der Waals surface area contributed by atoms with Crippen LogP contribution in [0.5, 0.6) is 5.75 Å². The van der Waals surface area contributed by atoms with Gasteiger partial charge < -0.3 is 4.74 Å². The molecular weight excluding hydrogens is 448 g/mol. The molecule has 9 nitrogen and oxygen atoms in total. The van der Waals surface area contributed by atoms with Crippen LogP contribution in [0.2, 0.25) is 0 Å². The van der Waals surface area contributed by atoms with Gasteiger partial charge in [-0.2, -0.15) is 5.10 Å². The third-order valence-electron chi connectivity index (χ3n) is 6.20. The number of anilines is 1. The molecule has 1 fully saturated rings. The molecule has 0 atom stereocenters. The second kappa shape index (κ2) is 10.5. The molecule has 0 aliphatic heterocycles. The number of rotatable bonds is 8. The van der Waals surface area contributed by atoms with E-state index in [0.717, 1.165) is 59.5 Å². The summed E-state index contributed by atoms with van der Waals surface area (Å²) in [5.74, 6) is 0.981. The van der Waals surface area contributed by atoms with Gasteiger partial charge in [0.05, 0.1) is 27.7 Å². The molecule has 0 spiro atoms. The molecular formula is C26H28N4O5. The largest absolute Gasteiger partial charge is 0.490 e. The van der Waals surface area contributed by atoms with Gasteiger partial charge >= 0.3 is 5.69 Å². The van der Waals surface area contributed by atoms with Crippen LogP contribution in [0.3, 0.4) is 0 Å². The Balaban J connectivity index is 1.81. The van der Waals surface area contributed by atoms with Crippen LogP contribution in [0.25, 0.3) is 10.8 Å². The summed E-state index contributed by atoms with van der Waals surface area (Å²) in [4.78, 5) is 21.4. The summed E-state index contributed by atoms with van der Waals surface area (Å²) in [6.45, 7) is 3.97. The van der Waals surface area contributed by atoms with Crippen LogP contribution in [0.4, 0.5) is 17.1 Å². The molecule has 0 heterocycles. The highest BCUT2D eigenvalue weighted by Crippen LogP contribution is 2.35. The molecule has 1 aliphatic rings. The van der Waals surface area contributed by atoms with Crippen molar-refractivity contribution < 1.29 is 14.6 Å². The van der Waals surface area contributed by atoms with Gasteiger partial charge in [-0.1, -0.05) is 43.5 Å². The van der Waals surface area contributed by atoms with Crippen molar-refractivity contribution in [3.63, 3.8) is 0 Å². The number of fused-ring (bicyclic) bond motifs is 1. The molecule has 0 amide bonds. The first-order valence-electron chi connectivity index (χ1n) is 11.8. The summed E-state index contributed by atoms with van der Waals surface area (Å²) < 4.78 is 6.02. The predicted octanol–water partition coefficient (Wildman–Crippen LogP) is 6.84. The lowest BCUT2D eigenvalue weighted by Crippen LogP contribution is -2.21. The summed E-state index contributed by atoms with van der Waals surface area (Å²) in [5, 5.41) is 29.4. The Morgan fingerprint density at radius 3 is 2.34 bits per heavy atom. The van der Waals surface area contributed by atoms with Crippen LogP contribution in [-0.4, -0.2) is 21.7 Å². The van der Waals surface area contributed by atoms with Crippen molar-refractivity contribution in [1.82, 2.24) is 0 Å². The normalized spacial score (nSPS) is 14.8. The lowest BCUT2D eigenvalue weighted by atomic mass is 9.82. The maximum atomic E-state index is 11.6. The zero-order valence-corrected chi connectivity index (χ0v) is 19.8. The minimum Gasteiger partial charge on any atom is -0.490 e. The van der Waals surface area contributed by atoms with Crippen LogP contribution >= 0.6 is 0 Å². The standard InChI is InChI=1S/C26H28N4O5/c1-17(2)35-25-15-13-22(20-10-6-7-11-21(20)25)26(18-8-4-3-5-9-18)28-27-23-14-12-19(29(31)32)16-24(23)30(33)34/h6-7,10-18,27H,3-5,8-9H2,1-2H3/b28-26-. The Morgan fingerprint density at radius 1 is 0.971 bits per heavy atom. The fourth-order valence-corrected chi connectivity index (χ4v) is 4.60. The Morgan fingerprint density at radius 2 is 1.69 bits per heavy atom. The fourth-order valence-electron chi connectivity index (χ4n) is 4.60. The van der Waals surface area contributed by atoms with Gasteiger partial charge in [0.25, 0.3) is 5.69 Å². The second-order valence-corrected chi connectivity index (χ2v) is 8.98. The zero-order chi connectivity index (χ0) is 24.9. The van der Waals surface area contributed by atoms with Crippen LogP contribution in [0.1, 0.15) is 51.5 Å². The molecule has 3 aromatic rings. The van der Waals surface area contributed by atoms with Crippen molar-refractivity contribution in [2.75, 3.05) is 5.43 Å². The summed E-state index contributed by atoms with van der Waals surface area (Å²) in [7, 11) is 0. The maximum absolute atomic E-state index is 11.6. The van der Waals surface area contributed by atoms with Crippen molar-refractivity contribution in [3.8, 4) is 5.75 Å². The minimum absolute atomic E-state index is 0.0279. The van der Waals surface area contributed by atoms with Gasteiger partial charge in [0, 0.05) is 22.9 Å². The zero-order valence-electron chi connectivity index (χ0n) is 19.8. The molecule has 3 aromatic carbocycles. The third kappa shape index (κ3) is 5.40. The first-order chi connectivity index (χ1) is 16.8. The number of hydrazone groups is 1. The van der Waals surface area contributed by atoms with Crippen molar-refractivity contribution in [3.05, 3.63) is 80.4 Å². The molecule has 182 valence electrons. The molecule has 4 rings (SSSR count). The Hall–Kier alpha value is -4.01. The number of ether oxygens (including phenoxy) is 1. The van der Waals surface area contributed by atoms with Crippen LogP contribution in [-0.2, 0) is 0 Å². The number of nitrogens with one attached hydrogen (secondary N) is 1. The molecule has 9 heteroatoms. The quantitative estimate of drug-likeness (QED) is 0.216. The van der Waals surface area contributed by atoms with E-state index in [2.05, 4.69) is 5.43 Å². The average Bonchev–Trinajstić information content (AvgIpc) is 2.85. The van der Waals surface area contributed by atoms with E-state index in [1.165, 1.54) is 18.6 Å². The van der Waals surface area contributed by atoms with Gasteiger partial charge in [-0.05, 0) is 50.3 Å². The lowest BCUT2D eigenvalue weighted by molar-refractivity contribution is -0.393. The molecule has 0 radical (unpaired) electrons. The molecule has 0 unspecified atom stereocenters. The monoisotopic (exact) mass is 476 g/mol. The second-order valence-electron chi connectivity index (χ2n) is 8.98. The number of nitro benzene ring substituents is 2. The highest BCUT2D eigenvalue weighted by Gasteiger charge is 2.25. The van der Waals surface area contributed by atoms with Crippen molar-refractivity contribution in [2.45, 2.75) is 52.1 Å². The summed E-state index contributed by atoms with van der Waals surface area (Å²) in [6.07, 6.45) is 5.33. The Bertz CT molecular complexity index is 1280. The molecule has 1 N–H and O–H groups in total. The van der Waals surface area contributed by atoms with E-state index < -0.39 is 15.5 Å². The Kier molecular flexibility index (Phi) is 7.24. The number of benzene rings is 3. The van der Waals surface area contributed by atoms with Gasteiger partial charge in [0.15, 0.2) is 0 Å². The highest BCUT2D eigenvalue weighted by atomic mass is 16.6. The lowest BCUT2D eigenvalue weighted by Gasteiger charge is -2.25. The summed E-state index contributed by atoms with van der Waals surface area (Å²) in [5.41, 5.74) is 4.00. The van der Waals surface area contributed by atoms with E-state index in [1.807, 2.05) is 50.2 Å². The van der Waals surface area contributed by atoms with E-state index in [-0.39, 0.29) is 23.4 Å². The highest BCUT2D eigenvalue weighted by molar-refractivity contribution is 6.13. The molecule has 0 bridgehead atoms. The van der Waals surface area contributed by atoms with Crippen molar-refractivity contribution >= 4 is 33.5 Å². The van der Waals surface area contributed by atoms with Crippen LogP contribution < -0.4 is 10.2 Å². The first-order valence-corrected chi connectivity index (χ1v) is 11.8. The third-order valence-corrected chi connectivity index (χ3v) is 6.20. The fraction of sp³-hybridized carbons (Fsp3) is 0.346. The summed E-state index contributed by atoms with van der Waals surface area (Å²) in [6, 6.07) is 15.4.